The van der Waals surface area contributed by atoms with Gasteiger partial charge in [0.15, 0.2) is 0 Å². The highest BCUT2D eigenvalue weighted by molar-refractivity contribution is 5.97. The predicted octanol–water partition coefficient (Wildman–Crippen LogP) is 3.62. The highest BCUT2D eigenvalue weighted by Crippen LogP contribution is 2.32. The summed E-state index contributed by atoms with van der Waals surface area (Å²) in [6.07, 6.45) is 9.01. The van der Waals surface area contributed by atoms with Gasteiger partial charge in [0.1, 0.15) is 0 Å². The molecule has 27 heavy (non-hydrogen) atoms. The van der Waals surface area contributed by atoms with Gasteiger partial charge in [0.05, 0.1) is 12.7 Å². The second-order valence-electron chi connectivity index (χ2n) is 7.23. The number of unbranched alkanes of at least 4 members (excludes halogenated alkanes) is 2. The van der Waals surface area contributed by atoms with Crippen LogP contribution >= 0.6 is 0 Å². The molecule has 0 unspecified atom stereocenters. The monoisotopic (exact) mass is 374 g/mol. The second-order valence-corrected chi connectivity index (χ2v) is 7.23. The predicted molar refractivity (Wildman–Crippen MR) is 103 cm³/mol. The third-order valence-electron chi connectivity index (χ3n) is 5.30. The first-order valence-electron chi connectivity index (χ1n) is 9.83. The lowest BCUT2D eigenvalue weighted by Crippen LogP contribution is -2.45. The van der Waals surface area contributed by atoms with Crippen LogP contribution in [0.1, 0.15) is 79.0 Å². The summed E-state index contributed by atoms with van der Waals surface area (Å²) < 4.78 is 4.62. The third kappa shape index (κ3) is 6.38. The van der Waals surface area contributed by atoms with Gasteiger partial charge in [0.2, 0.25) is 5.91 Å². The average molecular weight is 374 g/mol. The van der Waals surface area contributed by atoms with E-state index in [0.717, 1.165) is 31.6 Å². The molecule has 0 bridgehead atoms. The molecule has 6 heteroatoms. The smallest absolute Gasteiger partial charge is 0.337 e. The molecule has 1 aliphatic rings. The largest absolute Gasteiger partial charge is 0.465 e. The number of ether oxygens (including phenoxy) is 1. The van der Waals surface area contributed by atoms with E-state index < -0.39 is 11.9 Å². The highest BCUT2D eigenvalue weighted by Gasteiger charge is 2.26. The molecule has 148 valence electrons. The number of hydrazine groups is 1. The van der Waals surface area contributed by atoms with E-state index in [0.29, 0.717) is 11.1 Å². The molecule has 0 radical (unpaired) electrons. The molecule has 0 aromatic heterocycles. The van der Waals surface area contributed by atoms with Crippen molar-refractivity contribution < 1.29 is 19.1 Å². The van der Waals surface area contributed by atoms with Crippen LogP contribution < -0.4 is 10.9 Å². The highest BCUT2D eigenvalue weighted by atomic mass is 16.5. The lowest BCUT2D eigenvalue weighted by Gasteiger charge is -2.27. The van der Waals surface area contributed by atoms with E-state index in [1.54, 1.807) is 0 Å². The van der Waals surface area contributed by atoms with Crippen LogP contribution in [-0.2, 0) is 9.53 Å². The summed E-state index contributed by atoms with van der Waals surface area (Å²) in [4.78, 5) is 35.8. The van der Waals surface area contributed by atoms with E-state index in [4.69, 9.17) is 0 Å². The standard InChI is InChI=1S/C21H30N2O4/c1-3-4-5-6-15-7-9-16(10-8-15)19(24)22-23-20(25)17-11-13-18(14-12-17)21(26)27-2/h11-16H,3-10H2,1-2H3,(H,22,24)(H,23,25)/t15-,16-. The second kappa shape index (κ2) is 10.7. The summed E-state index contributed by atoms with van der Waals surface area (Å²) in [6, 6.07) is 6.08. The van der Waals surface area contributed by atoms with Gasteiger partial charge < -0.3 is 4.74 Å². The molecule has 0 heterocycles. The minimum atomic E-state index is -0.458. The average Bonchev–Trinajstić information content (AvgIpc) is 2.72. The minimum absolute atomic E-state index is 0.0329. The molecule has 0 atom stereocenters. The van der Waals surface area contributed by atoms with Crippen LogP contribution in [0.3, 0.4) is 0 Å². The van der Waals surface area contributed by atoms with Crippen LogP contribution in [-0.4, -0.2) is 24.9 Å². The summed E-state index contributed by atoms with van der Waals surface area (Å²) in [5.74, 6) is -0.284. The van der Waals surface area contributed by atoms with E-state index in [-0.39, 0.29) is 11.8 Å². The van der Waals surface area contributed by atoms with Crippen molar-refractivity contribution in [2.45, 2.75) is 58.3 Å². The van der Waals surface area contributed by atoms with Crippen molar-refractivity contribution in [1.29, 1.82) is 0 Å². The molecular formula is C21H30N2O4. The Morgan fingerprint density at radius 3 is 2.19 bits per heavy atom. The van der Waals surface area contributed by atoms with Gasteiger partial charge in [-0.05, 0) is 55.9 Å². The molecule has 2 N–H and O–H groups in total. The summed E-state index contributed by atoms with van der Waals surface area (Å²) in [6.45, 7) is 2.21. The fraction of sp³-hybridized carbons (Fsp3) is 0.571. The number of rotatable bonds is 7. The number of nitrogens with one attached hydrogen (secondary N) is 2. The summed E-state index contributed by atoms with van der Waals surface area (Å²) in [5.41, 5.74) is 5.73. The van der Waals surface area contributed by atoms with Crippen LogP contribution in [0.5, 0.6) is 0 Å². The number of carbonyl (C=O) groups is 3. The van der Waals surface area contributed by atoms with Gasteiger partial charge in [0.25, 0.3) is 5.91 Å². The van der Waals surface area contributed by atoms with Crippen molar-refractivity contribution in [2.75, 3.05) is 7.11 Å². The van der Waals surface area contributed by atoms with Crippen molar-refractivity contribution in [1.82, 2.24) is 10.9 Å². The van der Waals surface area contributed by atoms with Gasteiger partial charge in [-0.15, -0.1) is 0 Å². The Morgan fingerprint density at radius 2 is 1.59 bits per heavy atom. The molecule has 1 fully saturated rings. The summed E-state index contributed by atoms with van der Waals surface area (Å²) >= 11 is 0. The van der Waals surface area contributed by atoms with Gasteiger partial charge >= 0.3 is 5.97 Å². The Morgan fingerprint density at radius 1 is 0.963 bits per heavy atom. The first-order valence-corrected chi connectivity index (χ1v) is 9.83. The lowest BCUT2D eigenvalue weighted by molar-refractivity contribution is -0.127. The van der Waals surface area contributed by atoms with Gasteiger partial charge in [-0.25, -0.2) is 4.79 Å². The molecule has 1 aliphatic carbocycles. The zero-order valence-corrected chi connectivity index (χ0v) is 16.3. The Bertz CT molecular complexity index is 634. The number of methoxy groups -OCH3 is 1. The molecule has 1 aromatic carbocycles. The van der Waals surface area contributed by atoms with Crippen molar-refractivity contribution >= 4 is 17.8 Å². The van der Waals surface area contributed by atoms with E-state index in [2.05, 4.69) is 22.5 Å². The molecule has 1 saturated carbocycles. The lowest BCUT2D eigenvalue weighted by atomic mass is 9.79. The Hall–Kier alpha value is -2.37. The number of hydrogen-bond acceptors (Lipinski definition) is 4. The molecule has 0 spiro atoms. The normalized spacial score (nSPS) is 19.2. The van der Waals surface area contributed by atoms with Gasteiger partial charge in [-0.1, -0.05) is 32.6 Å². The maximum Gasteiger partial charge on any atom is 0.337 e. The van der Waals surface area contributed by atoms with Crippen molar-refractivity contribution in [3.63, 3.8) is 0 Å². The molecule has 1 aromatic rings. The van der Waals surface area contributed by atoms with Crippen LogP contribution in [0.15, 0.2) is 24.3 Å². The fourth-order valence-corrected chi connectivity index (χ4v) is 3.56. The van der Waals surface area contributed by atoms with E-state index in [9.17, 15) is 14.4 Å². The first kappa shape index (κ1) is 20.9. The third-order valence-corrected chi connectivity index (χ3v) is 5.30. The molecule has 6 nitrogen and oxygen atoms in total. The van der Waals surface area contributed by atoms with Gasteiger partial charge in [-0.3, -0.25) is 20.4 Å². The minimum Gasteiger partial charge on any atom is -0.465 e. The number of hydrogen-bond donors (Lipinski definition) is 2. The SMILES string of the molecule is CCCCC[C@H]1CC[C@H](C(=O)NNC(=O)c2ccc(C(=O)OC)cc2)CC1. The fourth-order valence-electron chi connectivity index (χ4n) is 3.56. The Labute approximate surface area is 161 Å². The Balaban J connectivity index is 1.74. The first-order chi connectivity index (χ1) is 13.0. The van der Waals surface area contributed by atoms with E-state index in [1.807, 2.05) is 0 Å². The van der Waals surface area contributed by atoms with Crippen molar-refractivity contribution in [2.24, 2.45) is 11.8 Å². The summed E-state index contributed by atoms with van der Waals surface area (Å²) in [5, 5.41) is 0. The van der Waals surface area contributed by atoms with E-state index in [1.165, 1.54) is 57.1 Å². The maximum absolute atomic E-state index is 12.3. The molecule has 2 rings (SSSR count). The molecule has 2 amide bonds. The molecule has 0 aliphatic heterocycles. The number of amides is 2. The number of esters is 1. The number of carbonyl (C=O) groups excluding carboxylic acids is 3. The van der Waals surface area contributed by atoms with Crippen LogP contribution in [0.4, 0.5) is 0 Å². The molecule has 0 saturated heterocycles. The van der Waals surface area contributed by atoms with Crippen molar-refractivity contribution in [3.8, 4) is 0 Å². The topological polar surface area (TPSA) is 84.5 Å². The van der Waals surface area contributed by atoms with Crippen LogP contribution in [0.2, 0.25) is 0 Å². The van der Waals surface area contributed by atoms with Crippen LogP contribution in [0, 0.1) is 11.8 Å². The quantitative estimate of drug-likeness (QED) is 0.434. The van der Waals surface area contributed by atoms with Crippen molar-refractivity contribution in [3.05, 3.63) is 35.4 Å². The zero-order valence-electron chi connectivity index (χ0n) is 16.3. The van der Waals surface area contributed by atoms with E-state index >= 15 is 0 Å². The zero-order chi connectivity index (χ0) is 19.6. The Kier molecular flexibility index (Phi) is 8.30. The van der Waals surface area contributed by atoms with Crippen LogP contribution in [0.25, 0.3) is 0 Å². The summed E-state index contributed by atoms with van der Waals surface area (Å²) in [7, 11) is 1.30. The maximum atomic E-state index is 12.3. The van der Waals surface area contributed by atoms with Gasteiger partial charge in [-0.2, -0.15) is 0 Å². The number of benzene rings is 1. The molecular weight excluding hydrogens is 344 g/mol. The van der Waals surface area contributed by atoms with Gasteiger partial charge in [0, 0.05) is 11.5 Å².